The lowest BCUT2D eigenvalue weighted by Crippen LogP contribution is -2.31. The molecule has 0 aliphatic heterocycles. The standard InChI is InChI=1S/C24H23ClN2O3S/c1-16-9-12-19(13-10-16)31(29,30)27-23-14-11-18(15-21(23)25)24(28)26-22-8-4-6-17-5-2-3-7-20(17)22/h2-3,5,7,9-15,22,27H,4,6,8H2,1H3,(H,26,28)/t22-/m0/s1. The zero-order valence-corrected chi connectivity index (χ0v) is 18.6. The summed E-state index contributed by atoms with van der Waals surface area (Å²) in [5.41, 5.74) is 3.98. The molecule has 0 saturated carbocycles. The van der Waals surface area contributed by atoms with Crippen LogP contribution in [0.3, 0.4) is 0 Å². The highest BCUT2D eigenvalue weighted by Crippen LogP contribution is 2.30. The van der Waals surface area contributed by atoms with Crippen LogP contribution in [-0.2, 0) is 16.4 Å². The molecule has 0 unspecified atom stereocenters. The van der Waals surface area contributed by atoms with Gasteiger partial charge in [-0.3, -0.25) is 9.52 Å². The Balaban J connectivity index is 1.50. The lowest BCUT2D eigenvalue weighted by molar-refractivity contribution is 0.0933. The molecule has 0 spiro atoms. The Kier molecular flexibility index (Phi) is 6.03. The lowest BCUT2D eigenvalue weighted by atomic mass is 9.87. The third-order valence-corrected chi connectivity index (χ3v) is 7.18. The summed E-state index contributed by atoms with van der Waals surface area (Å²) in [7, 11) is -3.78. The van der Waals surface area contributed by atoms with E-state index in [4.69, 9.17) is 11.6 Å². The van der Waals surface area contributed by atoms with Crippen LogP contribution in [0.5, 0.6) is 0 Å². The van der Waals surface area contributed by atoms with Gasteiger partial charge in [-0.15, -0.1) is 0 Å². The molecule has 31 heavy (non-hydrogen) atoms. The van der Waals surface area contributed by atoms with Crippen LogP contribution in [0.25, 0.3) is 0 Å². The average molecular weight is 455 g/mol. The highest BCUT2D eigenvalue weighted by Gasteiger charge is 2.22. The van der Waals surface area contributed by atoms with Crippen molar-refractivity contribution in [1.29, 1.82) is 0 Å². The molecule has 0 radical (unpaired) electrons. The normalized spacial score (nSPS) is 15.7. The molecular formula is C24H23ClN2O3S. The van der Waals surface area contributed by atoms with E-state index in [1.165, 1.54) is 29.8 Å². The summed E-state index contributed by atoms with van der Waals surface area (Å²) < 4.78 is 27.7. The second-order valence-corrected chi connectivity index (χ2v) is 9.82. The molecule has 0 aromatic heterocycles. The molecule has 3 aromatic carbocycles. The molecule has 160 valence electrons. The maximum Gasteiger partial charge on any atom is 0.261 e. The van der Waals surface area contributed by atoms with Crippen molar-refractivity contribution in [3.63, 3.8) is 0 Å². The Morgan fingerprint density at radius 1 is 1.03 bits per heavy atom. The number of rotatable bonds is 5. The zero-order chi connectivity index (χ0) is 22.0. The molecule has 7 heteroatoms. The molecule has 1 aliphatic rings. The summed E-state index contributed by atoms with van der Waals surface area (Å²) in [6.45, 7) is 1.89. The maximum absolute atomic E-state index is 12.8. The number of halogens is 1. The maximum atomic E-state index is 12.8. The van der Waals surface area contributed by atoms with E-state index in [1.54, 1.807) is 18.2 Å². The Hall–Kier alpha value is -2.83. The molecule has 0 fully saturated rings. The Bertz CT molecular complexity index is 1220. The molecule has 3 aromatic rings. The van der Waals surface area contributed by atoms with Gasteiger partial charge in [-0.25, -0.2) is 8.42 Å². The van der Waals surface area contributed by atoms with Gasteiger partial charge >= 0.3 is 0 Å². The Morgan fingerprint density at radius 3 is 2.52 bits per heavy atom. The molecule has 0 heterocycles. The minimum Gasteiger partial charge on any atom is -0.345 e. The third kappa shape index (κ3) is 4.75. The van der Waals surface area contributed by atoms with Crippen LogP contribution >= 0.6 is 11.6 Å². The van der Waals surface area contributed by atoms with Crippen molar-refractivity contribution in [3.8, 4) is 0 Å². The molecule has 0 bridgehead atoms. The first-order valence-electron chi connectivity index (χ1n) is 10.1. The van der Waals surface area contributed by atoms with Gasteiger partial charge in [-0.2, -0.15) is 0 Å². The van der Waals surface area contributed by atoms with Crippen LogP contribution in [0.15, 0.2) is 71.6 Å². The zero-order valence-electron chi connectivity index (χ0n) is 17.1. The van der Waals surface area contributed by atoms with Gasteiger partial charge in [0.25, 0.3) is 15.9 Å². The fourth-order valence-corrected chi connectivity index (χ4v) is 5.17. The van der Waals surface area contributed by atoms with Gasteiger partial charge in [-0.1, -0.05) is 53.6 Å². The molecule has 1 aliphatic carbocycles. The van der Waals surface area contributed by atoms with Crippen LogP contribution < -0.4 is 10.0 Å². The number of hydrogen-bond donors (Lipinski definition) is 2. The molecule has 2 N–H and O–H groups in total. The molecule has 4 rings (SSSR count). The average Bonchev–Trinajstić information content (AvgIpc) is 2.75. The predicted octanol–water partition coefficient (Wildman–Crippen LogP) is 5.26. The number of benzene rings is 3. The van der Waals surface area contributed by atoms with E-state index >= 15 is 0 Å². The van der Waals surface area contributed by atoms with E-state index in [-0.39, 0.29) is 27.6 Å². The number of amides is 1. The summed E-state index contributed by atoms with van der Waals surface area (Å²) in [6, 6.07) is 19.2. The highest BCUT2D eigenvalue weighted by atomic mass is 35.5. The van der Waals surface area contributed by atoms with Crippen LogP contribution in [-0.4, -0.2) is 14.3 Å². The number of fused-ring (bicyclic) bond motifs is 1. The number of carbonyl (C=O) groups is 1. The third-order valence-electron chi connectivity index (χ3n) is 5.48. The van der Waals surface area contributed by atoms with Crippen LogP contribution in [0, 0.1) is 6.92 Å². The molecule has 1 amide bonds. The molecule has 5 nitrogen and oxygen atoms in total. The van der Waals surface area contributed by atoms with Crippen molar-refractivity contribution in [2.24, 2.45) is 0 Å². The van der Waals surface area contributed by atoms with Crippen molar-refractivity contribution in [2.45, 2.75) is 37.1 Å². The molecular weight excluding hydrogens is 432 g/mol. The lowest BCUT2D eigenvalue weighted by Gasteiger charge is -2.26. The second-order valence-electron chi connectivity index (χ2n) is 7.73. The van der Waals surface area contributed by atoms with E-state index in [0.717, 1.165) is 30.4 Å². The largest absolute Gasteiger partial charge is 0.345 e. The van der Waals surface area contributed by atoms with Crippen LogP contribution in [0.1, 0.15) is 45.9 Å². The van der Waals surface area contributed by atoms with Gasteiger partial charge in [0.15, 0.2) is 0 Å². The van der Waals surface area contributed by atoms with E-state index in [9.17, 15) is 13.2 Å². The van der Waals surface area contributed by atoms with E-state index in [1.807, 2.05) is 19.1 Å². The number of nitrogens with one attached hydrogen (secondary N) is 2. The van der Waals surface area contributed by atoms with E-state index < -0.39 is 10.0 Å². The summed E-state index contributed by atoms with van der Waals surface area (Å²) in [6.07, 6.45) is 2.91. The van der Waals surface area contributed by atoms with Gasteiger partial charge in [0, 0.05) is 5.56 Å². The van der Waals surface area contributed by atoms with Crippen molar-refractivity contribution < 1.29 is 13.2 Å². The SMILES string of the molecule is Cc1ccc(S(=O)(=O)Nc2ccc(C(=O)N[C@H]3CCCc4ccccc43)cc2Cl)cc1. The summed E-state index contributed by atoms with van der Waals surface area (Å²) >= 11 is 6.31. The smallest absolute Gasteiger partial charge is 0.261 e. The minimum atomic E-state index is -3.78. The van der Waals surface area contributed by atoms with Crippen LogP contribution in [0.2, 0.25) is 5.02 Å². The van der Waals surface area contributed by atoms with Gasteiger partial charge in [0.2, 0.25) is 0 Å². The minimum absolute atomic E-state index is 0.0454. The Labute approximate surface area is 187 Å². The van der Waals surface area contributed by atoms with Crippen molar-refractivity contribution >= 4 is 33.2 Å². The van der Waals surface area contributed by atoms with E-state index in [0.29, 0.717) is 5.56 Å². The first kappa shape index (κ1) is 21.4. The predicted molar refractivity (Wildman–Crippen MR) is 123 cm³/mol. The summed E-state index contributed by atoms with van der Waals surface area (Å²) in [5.74, 6) is -0.239. The van der Waals surface area contributed by atoms with E-state index in [2.05, 4.69) is 22.2 Å². The number of anilines is 1. The number of hydrogen-bond acceptors (Lipinski definition) is 3. The fraction of sp³-hybridized carbons (Fsp3) is 0.208. The van der Waals surface area contributed by atoms with Crippen LogP contribution in [0.4, 0.5) is 5.69 Å². The highest BCUT2D eigenvalue weighted by molar-refractivity contribution is 7.92. The molecule has 0 saturated heterocycles. The quantitative estimate of drug-likeness (QED) is 0.552. The number of aryl methyl sites for hydroxylation is 2. The molecule has 1 atom stereocenters. The van der Waals surface area contributed by atoms with Gasteiger partial charge < -0.3 is 5.32 Å². The monoisotopic (exact) mass is 454 g/mol. The fourth-order valence-electron chi connectivity index (χ4n) is 3.81. The van der Waals surface area contributed by atoms with Crippen molar-refractivity contribution in [1.82, 2.24) is 5.32 Å². The second kappa shape index (κ2) is 8.73. The van der Waals surface area contributed by atoms with Crippen molar-refractivity contribution in [2.75, 3.05) is 4.72 Å². The number of sulfonamides is 1. The van der Waals surface area contributed by atoms with Gasteiger partial charge in [-0.05, 0) is 67.6 Å². The Morgan fingerprint density at radius 2 is 1.77 bits per heavy atom. The number of carbonyl (C=O) groups excluding carboxylic acids is 1. The first-order valence-corrected chi connectivity index (χ1v) is 12.0. The topological polar surface area (TPSA) is 75.3 Å². The van der Waals surface area contributed by atoms with Crippen molar-refractivity contribution in [3.05, 3.63) is 94.0 Å². The van der Waals surface area contributed by atoms with Gasteiger partial charge in [0.05, 0.1) is 21.6 Å². The van der Waals surface area contributed by atoms with Gasteiger partial charge in [0.1, 0.15) is 0 Å². The summed E-state index contributed by atoms with van der Waals surface area (Å²) in [5, 5.41) is 3.24. The first-order chi connectivity index (χ1) is 14.8. The summed E-state index contributed by atoms with van der Waals surface area (Å²) in [4.78, 5) is 13.0.